The fraction of sp³-hybridized carbons (Fsp3) is 0.400. The summed E-state index contributed by atoms with van der Waals surface area (Å²) < 4.78 is 25.4. The maximum Gasteiger partial charge on any atom is 0.215 e. The average Bonchev–Trinajstić information content (AvgIpc) is 2.18. The molecule has 0 spiro atoms. The summed E-state index contributed by atoms with van der Waals surface area (Å²) in [7, 11) is -3.24. The molecule has 0 fully saturated rings. The van der Waals surface area contributed by atoms with Crippen LogP contribution in [0.5, 0.6) is 0 Å². The highest BCUT2D eigenvalue weighted by molar-refractivity contribution is 7.88. The minimum absolute atomic E-state index is 0.00722. The first-order valence-electron chi connectivity index (χ1n) is 4.76. The predicted molar refractivity (Wildman–Crippen MR) is 60.9 cm³/mol. The Kier molecular flexibility index (Phi) is 4.26. The molecule has 0 unspecified atom stereocenters. The normalized spacial score (nSPS) is 11.6. The number of nitrogens with one attached hydrogen (secondary N) is 1. The topological polar surface area (TPSA) is 72.2 Å². The van der Waals surface area contributed by atoms with Crippen LogP contribution in [-0.4, -0.2) is 21.5 Å². The van der Waals surface area contributed by atoms with Gasteiger partial charge < -0.3 is 5.73 Å². The smallest absolute Gasteiger partial charge is 0.215 e. The fourth-order valence-corrected chi connectivity index (χ4v) is 2.33. The van der Waals surface area contributed by atoms with Crippen LogP contribution in [-0.2, 0) is 15.8 Å². The van der Waals surface area contributed by atoms with Gasteiger partial charge in [0.1, 0.15) is 0 Å². The lowest BCUT2D eigenvalue weighted by Crippen LogP contribution is -2.30. The zero-order valence-corrected chi connectivity index (χ0v) is 9.55. The number of hydrogen-bond donors (Lipinski definition) is 2. The maximum absolute atomic E-state index is 11.5. The van der Waals surface area contributed by atoms with E-state index in [1.807, 2.05) is 31.2 Å². The van der Waals surface area contributed by atoms with Gasteiger partial charge in [-0.2, -0.15) is 0 Å². The molecule has 0 atom stereocenters. The Morgan fingerprint density at radius 3 is 2.40 bits per heavy atom. The lowest BCUT2D eigenvalue weighted by Gasteiger charge is -2.05. The minimum atomic E-state index is -3.24. The molecule has 4 nitrogen and oxygen atoms in total. The molecule has 5 heteroatoms. The van der Waals surface area contributed by atoms with Crippen LogP contribution in [0.1, 0.15) is 11.1 Å². The highest BCUT2D eigenvalue weighted by Crippen LogP contribution is 2.06. The Balaban J connectivity index is 2.65. The van der Waals surface area contributed by atoms with Crippen molar-refractivity contribution in [1.82, 2.24) is 4.72 Å². The molecule has 0 bridgehead atoms. The van der Waals surface area contributed by atoms with Gasteiger partial charge >= 0.3 is 0 Å². The molecule has 15 heavy (non-hydrogen) atoms. The lowest BCUT2D eigenvalue weighted by atomic mass is 10.2. The van der Waals surface area contributed by atoms with Crippen molar-refractivity contribution in [1.29, 1.82) is 0 Å². The van der Waals surface area contributed by atoms with Crippen LogP contribution >= 0.6 is 0 Å². The molecule has 0 heterocycles. The third-order valence-corrected chi connectivity index (χ3v) is 3.30. The van der Waals surface area contributed by atoms with Gasteiger partial charge in [0.2, 0.25) is 10.0 Å². The molecule has 0 aliphatic rings. The number of sulfonamides is 1. The van der Waals surface area contributed by atoms with E-state index in [0.29, 0.717) is 6.54 Å². The summed E-state index contributed by atoms with van der Waals surface area (Å²) in [5.74, 6) is 0.00722. The van der Waals surface area contributed by atoms with Crippen molar-refractivity contribution in [2.45, 2.75) is 12.7 Å². The summed E-state index contributed by atoms with van der Waals surface area (Å²) in [5, 5.41) is 0. The van der Waals surface area contributed by atoms with Gasteiger partial charge in [-0.3, -0.25) is 0 Å². The molecule has 1 rings (SSSR count). The summed E-state index contributed by atoms with van der Waals surface area (Å²) in [6, 6.07) is 7.43. The summed E-state index contributed by atoms with van der Waals surface area (Å²) in [6.07, 6.45) is 0. The Bertz CT molecular complexity index is 398. The molecule has 0 amide bonds. The van der Waals surface area contributed by atoms with Crippen LogP contribution in [0.2, 0.25) is 0 Å². The fourth-order valence-electron chi connectivity index (χ4n) is 1.17. The molecule has 0 saturated heterocycles. The van der Waals surface area contributed by atoms with E-state index in [2.05, 4.69) is 4.72 Å². The van der Waals surface area contributed by atoms with E-state index >= 15 is 0 Å². The van der Waals surface area contributed by atoms with Gasteiger partial charge in [-0.15, -0.1) is 0 Å². The molecular weight excluding hydrogens is 212 g/mol. The molecule has 0 aliphatic carbocycles. The molecular formula is C10H16N2O2S. The van der Waals surface area contributed by atoms with Gasteiger partial charge in [0, 0.05) is 13.1 Å². The maximum atomic E-state index is 11.5. The van der Waals surface area contributed by atoms with Crippen molar-refractivity contribution in [3.63, 3.8) is 0 Å². The second-order valence-corrected chi connectivity index (χ2v) is 5.23. The molecule has 3 N–H and O–H groups in total. The van der Waals surface area contributed by atoms with Crippen molar-refractivity contribution in [3.05, 3.63) is 35.4 Å². The van der Waals surface area contributed by atoms with Gasteiger partial charge in [0.25, 0.3) is 0 Å². The van der Waals surface area contributed by atoms with Crippen LogP contribution < -0.4 is 10.5 Å². The summed E-state index contributed by atoms with van der Waals surface area (Å²) in [6.45, 7) is 2.56. The lowest BCUT2D eigenvalue weighted by molar-refractivity contribution is 0.581. The molecule has 1 aromatic rings. The van der Waals surface area contributed by atoms with Gasteiger partial charge in [-0.25, -0.2) is 13.1 Å². The third kappa shape index (κ3) is 4.42. The van der Waals surface area contributed by atoms with Crippen LogP contribution in [0, 0.1) is 6.92 Å². The monoisotopic (exact) mass is 228 g/mol. The van der Waals surface area contributed by atoms with E-state index in [1.54, 1.807) is 0 Å². The van der Waals surface area contributed by atoms with Crippen molar-refractivity contribution in [3.8, 4) is 0 Å². The summed E-state index contributed by atoms with van der Waals surface area (Å²) >= 11 is 0. The molecule has 1 aromatic carbocycles. The van der Waals surface area contributed by atoms with Gasteiger partial charge in [0.05, 0.1) is 5.75 Å². The second-order valence-electron chi connectivity index (χ2n) is 3.43. The first kappa shape index (κ1) is 12.2. The molecule has 84 valence electrons. The summed E-state index contributed by atoms with van der Waals surface area (Å²) in [4.78, 5) is 0. The van der Waals surface area contributed by atoms with Crippen molar-refractivity contribution < 1.29 is 8.42 Å². The number of nitrogens with two attached hydrogens (primary N) is 1. The highest BCUT2D eigenvalue weighted by atomic mass is 32.2. The Hall–Kier alpha value is -0.910. The Labute approximate surface area is 90.5 Å². The Morgan fingerprint density at radius 2 is 1.87 bits per heavy atom. The number of aryl methyl sites for hydroxylation is 1. The number of benzene rings is 1. The zero-order chi connectivity index (χ0) is 11.3. The average molecular weight is 228 g/mol. The van der Waals surface area contributed by atoms with Crippen molar-refractivity contribution in [2.75, 3.05) is 13.1 Å². The van der Waals surface area contributed by atoms with Gasteiger partial charge in [-0.1, -0.05) is 29.8 Å². The van der Waals surface area contributed by atoms with E-state index in [4.69, 9.17) is 5.73 Å². The van der Waals surface area contributed by atoms with E-state index in [-0.39, 0.29) is 12.3 Å². The molecule has 0 aromatic heterocycles. The first-order chi connectivity index (χ1) is 7.03. The second kappa shape index (κ2) is 5.25. The van der Waals surface area contributed by atoms with E-state index in [1.165, 1.54) is 0 Å². The zero-order valence-electron chi connectivity index (χ0n) is 8.73. The highest BCUT2D eigenvalue weighted by Gasteiger charge is 2.09. The van der Waals surface area contributed by atoms with Crippen LogP contribution in [0.3, 0.4) is 0 Å². The largest absolute Gasteiger partial charge is 0.329 e. The van der Waals surface area contributed by atoms with Gasteiger partial charge in [-0.05, 0) is 12.5 Å². The van der Waals surface area contributed by atoms with Crippen LogP contribution in [0.15, 0.2) is 24.3 Å². The standard InChI is InChI=1S/C10H16N2O2S/c1-9-2-4-10(5-3-9)8-15(13,14)12-7-6-11/h2-5,12H,6-8,11H2,1H3. The quantitative estimate of drug-likeness (QED) is 0.765. The predicted octanol–water partition coefficient (Wildman–Crippen LogP) is 0.373. The third-order valence-electron chi connectivity index (χ3n) is 1.94. The van der Waals surface area contributed by atoms with Crippen LogP contribution in [0.25, 0.3) is 0 Å². The van der Waals surface area contributed by atoms with E-state index in [9.17, 15) is 8.42 Å². The molecule has 0 aliphatic heterocycles. The minimum Gasteiger partial charge on any atom is -0.329 e. The number of hydrogen-bond acceptors (Lipinski definition) is 3. The SMILES string of the molecule is Cc1ccc(CS(=O)(=O)NCCN)cc1. The van der Waals surface area contributed by atoms with E-state index < -0.39 is 10.0 Å². The van der Waals surface area contributed by atoms with Crippen molar-refractivity contribution >= 4 is 10.0 Å². The summed E-state index contributed by atoms with van der Waals surface area (Å²) in [5.41, 5.74) is 7.12. The van der Waals surface area contributed by atoms with Crippen LogP contribution in [0.4, 0.5) is 0 Å². The van der Waals surface area contributed by atoms with Gasteiger partial charge in [0.15, 0.2) is 0 Å². The first-order valence-corrected chi connectivity index (χ1v) is 6.42. The van der Waals surface area contributed by atoms with E-state index in [0.717, 1.165) is 11.1 Å². The number of rotatable bonds is 5. The molecule has 0 saturated carbocycles. The Morgan fingerprint density at radius 1 is 1.27 bits per heavy atom. The van der Waals surface area contributed by atoms with Crippen molar-refractivity contribution in [2.24, 2.45) is 5.73 Å². The molecule has 0 radical (unpaired) electrons.